The largest absolute Gasteiger partial charge is 0.292 e. The van der Waals surface area contributed by atoms with Crippen LogP contribution in [-0.4, -0.2) is 22.5 Å². The van der Waals surface area contributed by atoms with Gasteiger partial charge in [0.05, 0.1) is 17.6 Å². The zero-order valence-corrected chi connectivity index (χ0v) is 12.3. The summed E-state index contributed by atoms with van der Waals surface area (Å²) in [5.74, 6) is 0.504. The zero-order chi connectivity index (χ0) is 12.3. The van der Waals surface area contributed by atoms with E-state index in [1.165, 1.54) is 0 Å². The van der Waals surface area contributed by atoms with Crippen LogP contribution in [0.15, 0.2) is 5.38 Å². The van der Waals surface area contributed by atoms with Gasteiger partial charge in [-0.05, 0) is 34.2 Å². The number of nitrogens with zero attached hydrogens (tertiary/aromatic N) is 2. The number of alkyl halides is 1. The predicted octanol–water partition coefficient (Wildman–Crippen LogP) is 4.06. The second kappa shape index (κ2) is 5.48. The highest BCUT2D eigenvalue weighted by Crippen LogP contribution is 2.30. The van der Waals surface area contributed by atoms with Crippen molar-refractivity contribution in [3.05, 3.63) is 16.1 Å². The maximum absolute atomic E-state index is 5.77. The Morgan fingerprint density at radius 1 is 1.56 bits per heavy atom. The Labute approximate surface area is 108 Å². The monoisotopic (exact) mass is 260 g/mol. The second-order valence-corrected chi connectivity index (χ2v) is 5.92. The van der Waals surface area contributed by atoms with Crippen molar-refractivity contribution in [1.82, 2.24) is 9.88 Å². The van der Waals surface area contributed by atoms with Crippen molar-refractivity contribution in [3.63, 3.8) is 0 Å². The fourth-order valence-electron chi connectivity index (χ4n) is 1.52. The molecule has 0 aliphatic carbocycles. The highest BCUT2D eigenvalue weighted by molar-refractivity contribution is 7.09. The third-order valence-electron chi connectivity index (χ3n) is 3.46. The van der Waals surface area contributed by atoms with E-state index in [0.717, 1.165) is 17.1 Å². The van der Waals surface area contributed by atoms with Gasteiger partial charge in [-0.3, -0.25) is 4.90 Å². The molecule has 0 aliphatic heterocycles. The molecule has 0 fully saturated rings. The van der Waals surface area contributed by atoms with Crippen LogP contribution in [0.1, 0.15) is 50.9 Å². The Morgan fingerprint density at radius 2 is 2.19 bits per heavy atom. The minimum Gasteiger partial charge on any atom is -0.292 e. The lowest BCUT2D eigenvalue weighted by Gasteiger charge is -2.38. The van der Waals surface area contributed by atoms with E-state index in [-0.39, 0.29) is 5.54 Å². The molecule has 1 heterocycles. The van der Waals surface area contributed by atoms with Crippen molar-refractivity contribution in [2.24, 2.45) is 0 Å². The molecule has 1 aromatic rings. The zero-order valence-electron chi connectivity index (χ0n) is 10.7. The molecule has 0 radical (unpaired) electrons. The first-order valence-electron chi connectivity index (χ1n) is 5.65. The third-order valence-corrected chi connectivity index (χ3v) is 4.80. The van der Waals surface area contributed by atoms with E-state index < -0.39 is 0 Å². The third kappa shape index (κ3) is 2.96. The highest BCUT2D eigenvalue weighted by atomic mass is 35.5. The van der Waals surface area contributed by atoms with Crippen molar-refractivity contribution in [1.29, 1.82) is 0 Å². The van der Waals surface area contributed by atoms with Crippen molar-refractivity contribution in [2.75, 3.05) is 7.05 Å². The Hall–Kier alpha value is -0.120. The van der Waals surface area contributed by atoms with Crippen molar-refractivity contribution in [2.45, 2.75) is 51.6 Å². The van der Waals surface area contributed by atoms with Crippen LogP contribution in [0.4, 0.5) is 0 Å². The van der Waals surface area contributed by atoms with Gasteiger partial charge in [-0.25, -0.2) is 4.98 Å². The molecule has 1 atom stereocenters. The average molecular weight is 261 g/mol. The van der Waals surface area contributed by atoms with Gasteiger partial charge < -0.3 is 0 Å². The van der Waals surface area contributed by atoms with Crippen molar-refractivity contribution < 1.29 is 0 Å². The van der Waals surface area contributed by atoms with Crippen LogP contribution in [0.2, 0.25) is 0 Å². The molecule has 0 saturated carbocycles. The molecular formula is C12H21ClN2S. The fraction of sp³-hybridized carbons (Fsp3) is 0.750. The standard InChI is InChI=1S/C12H21ClN2S/c1-6-12(3,4)15(5)9(2)11-14-10(7-13)8-16-11/h8-9H,6-7H2,1-5H3. The molecule has 0 aromatic carbocycles. The maximum atomic E-state index is 5.77. The van der Waals surface area contributed by atoms with Gasteiger partial charge in [-0.2, -0.15) is 0 Å². The van der Waals surface area contributed by atoms with Crippen LogP contribution in [0.3, 0.4) is 0 Å². The van der Waals surface area contributed by atoms with Gasteiger partial charge in [0.2, 0.25) is 0 Å². The molecule has 1 aromatic heterocycles. The van der Waals surface area contributed by atoms with Crippen LogP contribution in [0.25, 0.3) is 0 Å². The van der Waals surface area contributed by atoms with Crippen LogP contribution in [-0.2, 0) is 5.88 Å². The van der Waals surface area contributed by atoms with Crippen LogP contribution in [0.5, 0.6) is 0 Å². The minimum atomic E-state index is 0.201. The number of thiazole rings is 1. The van der Waals surface area contributed by atoms with E-state index in [4.69, 9.17) is 11.6 Å². The highest BCUT2D eigenvalue weighted by Gasteiger charge is 2.27. The molecule has 92 valence electrons. The average Bonchev–Trinajstić information content (AvgIpc) is 2.75. The summed E-state index contributed by atoms with van der Waals surface area (Å²) >= 11 is 7.47. The summed E-state index contributed by atoms with van der Waals surface area (Å²) < 4.78 is 0. The van der Waals surface area contributed by atoms with Gasteiger partial charge >= 0.3 is 0 Å². The lowest BCUT2D eigenvalue weighted by molar-refractivity contribution is 0.106. The van der Waals surface area contributed by atoms with E-state index in [2.05, 4.69) is 44.6 Å². The van der Waals surface area contributed by atoms with Gasteiger partial charge in [0, 0.05) is 10.9 Å². The number of halogens is 1. The number of hydrogen-bond donors (Lipinski definition) is 0. The number of rotatable bonds is 5. The molecule has 1 unspecified atom stereocenters. The number of hydrogen-bond acceptors (Lipinski definition) is 3. The van der Waals surface area contributed by atoms with Crippen LogP contribution >= 0.6 is 22.9 Å². The summed E-state index contributed by atoms with van der Waals surface area (Å²) in [5.41, 5.74) is 1.18. The van der Waals surface area contributed by atoms with Crippen LogP contribution in [0, 0.1) is 0 Å². The van der Waals surface area contributed by atoms with Gasteiger partial charge in [0.25, 0.3) is 0 Å². The van der Waals surface area contributed by atoms with Gasteiger partial charge in [0.15, 0.2) is 0 Å². The summed E-state index contributed by atoms with van der Waals surface area (Å²) in [6.45, 7) is 8.95. The number of aromatic nitrogens is 1. The topological polar surface area (TPSA) is 16.1 Å². The van der Waals surface area contributed by atoms with E-state index in [1.807, 2.05) is 5.38 Å². The summed E-state index contributed by atoms with van der Waals surface area (Å²) in [6, 6.07) is 0.344. The Balaban J connectivity index is 2.81. The molecule has 16 heavy (non-hydrogen) atoms. The smallest absolute Gasteiger partial charge is 0.110 e. The van der Waals surface area contributed by atoms with E-state index in [9.17, 15) is 0 Å². The lowest BCUT2D eigenvalue weighted by atomic mass is 9.98. The normalized spacial score (nSPS) is 14.4. The predicted molar refractivity (Wildman–Crippen MR) is 72.2 cm³/mol. The maximum Gasteiger partial charge on any atom is 0.110 e. The molecule has 1 rings (SSSR count). The quantitative estimate of drug-likeness (QED) is 0.742. The first-order valence-corrected chi connectivity index (χ1v) is 7.07. The summed E-state index contributed by atoms with van der Waals surface area (Å²) in [6.07, 6.45) is 1.13. The van der Waals surface area contributed by atoms with Gasteiger partial charge in [-0.1, -0.05) is 6.92 Å². The Kier molecular flexibility index (Phi) is 4.77. The fourth-order valence-corrected chi connectivity index (χ4v) is 2.66. The lowest BCUT2D eigenvalue weighted by Crippen LogP contribution is -2.41. The molecule has 0 saturated heterocycles. The molecule has 0 bridgehead atoms. The molecule has 2 nitrogen and oxygen atoms in total. The summed E-state index contributed by atoms with van der Waals surface area (Å²) in [4.78, 5) is 6.92. The Morgan fingerprint density at radius 3 is 2.62 bits per heavy atom. The van der Waals surface area contributed by atoms with Gasteiger partial charge in [-0.15, -0.1) is 22.9 Å². The molecular weight excluding hydrogens is 240 g/mol. The van der Waals surface area contributed by atoms with Crippen molar-refractivity contribution >= 4 is 22.9 Å². The minimum absolute atomic E-state index is 0.201. The molecule has 0 spiro atoms. The Bertz CT molecular complexity index is 336. The second-order valence-electron chi connectivity index (χ2n) is 4.76. The van der Waals surface area contributed by atoms with Gasteiger partial charge in [0.1, 0.15) is 5.01 Å². The van der Waals surface area contributed by atoms with E-state index in [0.29, 0.717) is 11.9 Å². The van der Waals surface area contributed by atoms with E-state index in [1.54, 1.807) is 11.3 Å². The summed E-state index contributed by atoms with van der Waals surface area (Å²) in [7, 11) is 2.16. The summed E-state index contributed by atoms with van der Waals surface area (Å²) in [5, 5.41) is 3.20. The van der Waals surface area contributed by atoms with Crippen molar-refractivity contribution in [3.8, 4) is 0 Å². The molecule has 0 aliphatic rings. The molecule has 0 N–H and O–H groups in total. The van der Waals surface area contributed by atoms with E-state index >= 15 is 0 Å². The molecule has 0 amide bonds. The van der Waals surface area contributed by atoms with Crippen LogP contribution < -0.4 is 0 Å². The molecule has 4 heteroatoms. The SMILES string of the molecule is CCC(C)(C)N(C)C(C)c1nc(CCl)cs1. The first-order chi connectivity index (χ1) is 7.42. The first kappa shape index (κ1) is 13.9.